The highest BCUT2D eigenvalue weighted by Gasteiger charge is 2.22. The molecule has 1 fully saturated rings. The molecule has 1 atom stereocenters. The fraction of sp³-hybridized carbons (Fsp3) is 1.00. The maximum Gasteiger partial charge on any atom is 0.0167 e. The molecule has 0 aromatic rings. The first-order valence-corrected chi connectivity index (χ1v) is 6.77. The van der Waals surface area contributed by atoms with Crippen molar-refractivity contribution in [2.24, 2.45) is 5.73 Å². The smallest absolute Gasteiger partial charge is 0.0167 e. The summed E-state index contributed by atoms with van der Waals surface area (Å²) in [5.41, 5.74) is 6.16. The second kappa shape index (κ2) is 7.24. The van der Waals surface area contributed by atoms with Gasteiger partial charge in [-0.1, -0.05) is 39.5 Å². The van der Waals surface area contributed by atoms with Crippen molar-refractivity contribution in [3.8, 4) is 0 Å². The minimum Gasteiger partial charge on any atom is -0.327 e. The van der Waals surface area contributed by atoms with E-state index in [2.05, 4.69) is 18.7 Å². The lowest BCUT2D eigenvalue weighted by Crippen LogP contribution is -2.42. The van der Waals surface area contributed by atoms with Crippen molar-refractivity contribution in [2.45, 2.75) is 70.9 Å². The summed E-state index contributed by atoms with van der Waals surface area (Å²) >= 11 is 0. The van der Waals surface area contributed by atoms with Crippen LogP contribution in [0.4, 0.5) is 0 Å². The fourth-order valence-corrected chi connectivity index (χ4v) is 2.66. The van der Waals surface area contributed by atoms with Crippen molar-refractivity contribution in [1.82, 2.24) is 4.90 Å². The van der Waals surface area contributed by atoms with Gasteiger partial charge in [-0.15, -0.1) is 0 Å². The molecule has 0 radical (unpaired) electrons. The molecule has 1 rings (SSSR count). The summed E-state index contributed by atoms with van der Waals surface area (Å²) in [6, 6.07) is 1.23. The fourth-order valence-electron chi connectivity index (χ4n) is 2.66. The summed E-state index contributed by atoms with van der Waals surface area (Å²) in [6.07, 6.45) is 9.38. The first kappa shape index (κ1) is 13.0. The maximum absolute atomic E-state index is 6.16. The first-order valence-electron chi connectivity index (χ1n) is 6.77. The van der Waals surface area contributed by atoms with Crippen LogP contribution < -0.4 is 5.73 Å². The molecule has 1 unspecified atom stereocenters. The summed E-state index contributed by atoms with van der Waals surface area (Å²) in [7, 11) is 0. The lowest BCUT2D eigenvalue weighted by molar-refractivity contribution is 0.193. The Kier molecular flexibility index (Phi) is 6.26. The number of nitrogens with zero attached hydrogens (tertiary/aromatic N) is 1. The van der Waals surface area contributed by atoms with Crippen LogP contribution in [0.25, 0.3) is 0 Å². The molecule has 1 aliphatic rings. The lowest BCUT2D eigenvalue weighted by atomic mass is 10.1. The molecule has 2 nitrogen and oxygen atoms in total. The van der Waals surface area contributed by atoms with E-state index in [1.807, 2.05) is 0 Å². The van der Waals surface area contributed by atoms with E-state index in [1.165, 1.54) is 51.5 Å². The Morgan fingerprint density at radius 3 is 2.47 bits per heavy atom. The summed E-state index contributed by atoms with van der Waals surface area (Å²) in [5, 5.41) is 0. The molecule has 1 aliphatic carbocycles. The molecule has 0 aromatic carbocycles. The topological polar surface area (TPSA) is 29.3 Å². The van der Waals surface area contributed by atoms with Gasteiger partial charge in [0.2, 0.25) is 0 Å². The van der Waals surface area contributed by atoms with Crippen LogP contribution in [0.1, 0.15) is 58.8 Å². The van der Waals surface area contributed by atoms with E-state index in [4.69, 9.17) is 5.73 Å². The van der Waals surface area contributed by atoms with Crippen molar-refractivity contribution in [3.63, 3.8) is 0 Å². The Morgan fingerprint density at radius 1 is 1.27 bits per heavy atom. The minimum atomic E-state index is 0.394. The molecule has 90 valence electrons. The Balaban J connectivity index is 2.25. The average Bonchev–Trinajstić information content (AvgIpc) is 2.76. The van der Waals surface area contributed by atoms with Gasteiger partial charge in [-0.3, -0.25) is 4.90 Å². The van der Waals surface area contributed by atoms with Gasteiger partial charge in [0.15, 0.2) is 0 Å². The lowest BCUT2D eigenvalue weighted by Gasteiger charge is -2.30. The van der Waals surface area contributed by atoms with Crippen LogP contribution in [-0.4, -0.2) is 30.1 Å². The summed E-state index contributed by atoms with van der Waals surface area (Å²) < 4.78 is 0. The number of hydrogen-bond acceptors (Lipinski definition) is 2. The molecule has 2 N–H and O–H groups in total. The zero-order valence-corrected chi connectivity index (χ0v) is 10.5. The predicted molar refractivity (Wildman–Crippen MR) is 67.0 cm³/mol. The van der Waals surface area contributed by atoms with Crippen molar-refractivity contribution in [3.05, 3.63) is 0 Å². The summed E-state index contributed by atoms with van der Waals surface area (Å²) in [4.78, 5) is 2.60. The average molecular weight is 212 g/mol. The van der Waals surface area contributed by atoms with E-state index in [0.29, 0.717) is 6.04 Å². The van der Waals surface area contributed by atoms with Gasteiger partial charge in [-0.25, -0.2) is 0 Å². The highest BCUT2D eigenvalue weighted by Crippen LogP contribution is 2.23. The van der Waals surface area contributed by atoms with Crippen LogP contribution in [-0.2, 0) is 0 Å². The van der Waals surface area contributed by atoms with Gasteiger partial charge in [0.25, 0.3) is 0 Å². The quantitative estimate of drug-likeness (QED) is 0.703. The zero-order chi connectivity index (χ0) is 11.1. The largest absolute Gasteiger partial charge is 0.327 e. The SMILES string of the molecule is CCCCC(N)CN(CC)C1CCCC1. The summed E-state index contributed by atoms with van der Waals surface area (Å²) in [6.45, 7) is 6.79. The van der Waals surface area contributed by atoms with Gasteiger partial charge in [0.1, 0.15) is 0 Å². The second-order valence-electron chi connectivity index (χ2n) is 4.93. The number of rotatable bonds is 7. The van der Waals surface area contributed by atoms with Crippen LogP contribution in [0, 0.1) is 0 Å². The molecule has 0 aromatic heterocycles. The third-order valence-corrected chi connectivity index (χ3v) is 3.64. The minimum absolute atomic E-state index is 0.394. The van der Waals surface area contributed by atoms with E-state index in [9.17, 15) is 0 Å². The molecule has 0 saturated heterocycles. The molecule has 0 heterocycles. The number of unbranched alkanes of at least 4 members (excludes halogenated alkanes) is 1. The molecule has 0 amide bonds. The van der Waals surface area contributed by atoms with E-state index in [0.717, 1.165) is 12.6 Å². The van der Waals surface area contributed by atoms with Crippen LogP contribution in [0.2, 0.25) is 0 Å². The van der Waals surface area contributed by atoms with Gasteiger partial charge in [-0.05, 0) is 25.8 Å². The molecule has 2 heteroatoms. The molecule has 1 saturated carbocycles. The molecule has 0 spiro atoms. The van der Waals surface area contributed by atoms with Crippen molar-refractivity contribution in [2.75, 3.05) is 13.1 Å². The van der Waals surface area contributed by atoms with Gasteiger partial charge in [-0.2, -0.15) is 0 Å². The van der Waals surface area contributed by atoms with E-state index in [-0.39, 0.29) is 0 Å². The van der Waals surface area contributed by atoms with Crippen LogP contribution in [0.15, 0.2) is 0 Å². The zero-order valence-electron chi connectivity index (χ0n) is 10.5. The van der Waals surface area contributed by atoms with E-state index in [1.54, 1.807) is 0 Å². The van der Waals surface area contributed by atoms with Gasteiger partial charge < -0.3 is 5.73 Å². The third-order valence-electron chi connectivity index (χ3n) is 3.64. The molecular weight excluding hydrogens is 184 g/mol. The number of nitrogens with two attached hydrogens (primary N) is 1. The number of hydrogen-bond donors (Lipinski definition) is 1. The third kappa shape index (κ3) is 4.52. The molecule has 0 bridgehead atoms. The first-order chi connectivity index (χ1) is 7.27. The molecular formula is C13H28N2. The van der Waals surface area contributed by atoms with Crippen molar-refractivity contribution >= 4 is 0 Å². The van der Waals surface area contributed by atoms with Crippen LogP contribution in [0.3, 0.4) is 0 Å². The van der Waals surface area contributed by atoms with Gasteiger partial charge in [0.05, 0.1) is 0 Å². The normalized spacial score (nSPS) is 20.0. The maximum atomic E-state index is 6.16. The van der Waals surface area contributed by atoms with Gasteiger partial charge >= 0.3 is 0 Å². The predicted octanol–water partition coefficient (Wildman–Crippen LogP) is 2.77. The Bertz CT molecular complexity index is 153. The highest BCUT2D eigenvalue weighted by atomic mass is 15.2. The summed E-state index contributed by atoms with van der Waals surface area (Å²) in [5.74, 6) is 0. The van der Waals surface area contributed by atoms with Crippen molar-refractivity contribution in [1.29, 1.82) is 0 Å². The van der Waals surface area contributed by atoms with Crippen LogP contribution in [0.5, 0.6) is 0 Å². The highest BCUT2D eigenvalue weighted by molar-refractivity contribution is 4.79. The molecule has 15 heavy (non-hydrogen) atoms. The van der Waals surface area contributed by atoms with Crippen LogP contribution >= 0.6 is 0 Å². The Labute approximate surface area is 95.2 Å². The van der Waals surface area contributed by atoms with Crippen molar-refractivity contribution < 1.29 is 0 Å². The Morgan fingerprint density at radius 2 is 1.93 bits per heavy atom. The van der Waals surface area contributed by atoms with E-state index >= 15 is 0 Å². The monoisotopic (exact) mass is 212 g/mol. The standard InChI is InChI=1S/C13H28N2/c1-3-5-8-12(14)11-15(4-2)13-9-6-7-10-13/h12-13H,3-11,14H2,1-2H3. The molecule has 0 aliphatic heterocycles. The Hall–Kier alpha value is -0.0800. The van der Waals surface area contributed by atoms with Gasteiger partial charge in [0, 0.05) is 18.6 Å². The number of likely N-dealkylation sites (N-methyl/N-ethyl adjacent to an activating group) is 1. The second-order valence-corrected chi connectivity index (χ2v) is 4.93. The van der Waals surface area contributed by atoms with E-state index < -0.39 is 0 Å².